The predicted octanol–water partition coefficient (Wildman–Crippen LogP) is 3.46. The number of carbonyl (C=O) groups excluding carboxylic acids is 2. The Balaban J connectivity index is 1.77. The number of anilines is 1. The van der Waals surface area contributed by atoms with E-state index in [1.807, 2.05) is 0 Å². The van der Waals surface area contributed by atoms with Gasteiger partial charge in [0.05, 0.1) is 0 Å². The van der Waals surface area contributed by atoms with Crippen molar-refractivity contribution in [2.45, 2.75) is 44.9 Å². The van der Waals surface area contributed by atoms with Crippen LogP contribution in [0.1, 0.15) is 55.3 Å². The third-order valence-electron chi connectivity index (χ3n) is 4.37. The van der Waals surface area contributed by atoms with Crippen molar-refractivity contribution in [3.05, 3.63) is 29.8 Å². The Bertz CT molecular complexity index is 528. The topological polar surface area (TPSA) is 70.2 Å². The summed E-state index contributed by atoms with van der Waals surface area (Å²) in [5, 5.41) is 5.83. The minimum atomic E-state index is -0.0982. The lowest BCUT2D eigenvalue weighted by Gasteiger charge is -2.20. The maximum Gasteiger partial charge on any atom is 0.251 e. The molecule has 0 aliphatic heterocycles. The van der Waals surface area contributed by atoms with Crippen LogP contribution in [0.2, 0.25) is 0 Å². The lowest BCUT2D eigenvalue weighted by molar-refractivity contribution is -0.120. The lowest BCUT2D eigenvalue weighted by atomic mass is 9.88. The van der Waals surface area contributed by atoms with Gasteiger partial charge in [0.15, 0.2) is 0 Å². The van der Waals surface area contributed by atoms with Crippen LogP contribution in [0, 0.1) is 5.92 Å². The number of benzene rings is 1. The fourth-order valence-corrected chi connectivity index (χ4v) is 3.07. The maximum absolute atomic E-state index is 12.2. The summed E-state index contributed by atoms with van der Waals surface area (Å²) in [5.74, 6) is 0.128. The van der Waals surface area contributed by atoms with Gasteiger partial charge >= 0.3 is 0 Å². The highest BCUT2D eigenvalue weighted by molar-refractivity contribution is 6.13. The Hall–Kier alpha value is -1.59. The number of amides is 2. The van der Waals surface area contributed by atoms with Gasteiger partial charge in [-0.15, -0.1) is 0 Å². The Labute approximate surface area is 148 Å². The number of nitrogens with one attached hydrogen (secondary N) is 3. The van der Waals surface area contributed by atoms with Gasteiger partial charge < -0.3 is 10.6 Å². The average molecular weight is 352 g/mol. The van der Waals surface area contributed by atoms with Crippen LogP contribution < -0.4 is 15.5 Å². The minimum Gasteiger partial charge on any atom is -0.352 e. The molecular weight excluding hydrogens is 326 g/mol. The second-order valence-corrected chi connectivity index (χ2v) is 6.52. The molecule has 0 heterocycles. The van der Waals surface area contributed by atoms with Gasteiger partial charge in [-0.25, -0.2) is 4.84 Å². The third kappa shape index (κ3) is 6.13. The first kappa shape index (κ1) is 18.7. The zero-order valence-electron chi connectivity index (χ0n) is 13.9. The van der Waals surface area contributed by atoms with Gasteiger partial charge in [-0.1, -0.05) is 19.3 Å². The summed E-state index contributed by atoms with van der Waals surface area (Å²) in [4.78, 5) is 26.8. The van der Waals surface area contributed by atoms with Gasteiger partial charge in [0.1, 0.15) is 0 Å². The molecule has 0 saturated heterocycles. The molecule has 0 atom stereocenters. The van der Waals surface area contributed by atoms with Crippen LogP contribution in [-0.2, 0) is 4.79 Å². The van der Waals surface area contributed by atoms with Crippen LogP contribution in [0.5, 0.6) is 0 Å². The van der Waals surface area contributed by atoms with Crippen molar-refractivity contribution >= 4 is 29.3 Å². The van der Waals surface area contributed by atoms with Crippen LogP contribution in [0.4, 0.5) is 5.69 Å². The molecule has 5 nitrogen and oxygen atoms in total. The minimum absolute atomic E-state index is 0.0970. The number of unbranched alkanes of at least 4 members (excludes halogenated alkanes) is 1. The number of hydrogen-bond acceptors (Lipinski definition) is 3. The fraction of sp³-hybridized carbons (Fsp3) is 0.556. The molecule has 1 aliphatic rings. The molecule has 0 bridgehead atoms. The first-order valence-corrected chi connectivity index (χ1v) is 9.11. The highest BCUT2D eigenvalue weighted by Gasteiger charge is 2.21. The Morgan fingerprint density at radius 2 is 1.67 bits per heavy atom. The van der Waals surface area contributed by atoms with Gasteiger partial charge in [0.25, 0.3) is 5.91 Å². The van der Waals surface area contributed by atoms with Gasteiger partial charge in [0, 0.05) is 30.3 Å². The van der Waals surface area contributed by atoms with E-state index in [4.69, 9.17) is 11.8 Å². The van der Waals surface area contributed by atoms with Crippen molar-refractivity contribution in [1.82, 2.24) is 10.2 Å². The van der Waals surface area contributed by atoms with Crippen molar-refractivity contribution < 1.29 is 9.59 Å². The third-order valence-corrected chi connectivity index (χ3v) is 4.56. The summed E-state index contributed by atoms with van der Waals surface area (Å²) in [6, 6.07) is 7.05. The van der Waals surface area contributed by atoms with Crippen molar-refractivity contribution in [2.75, 3.05) is 18.4 Å². The number of rotatable bonds is 8. The van der Waals surface area contributed by atoms with Crippen LogP contribution in [0.15, 0.2) is 24.3 Å². The molecule has 2 rings (SSSR count). The molecule has 1 aromatic carbocycles. The molecule has 1 aromatic rings. The van der Waals surface area contributed by atoms with Crippen molar-refractivity contribution in [3.63, 3.8) is 0 Å². The summed E-state index contributed by atoms with van der Waals surface area (Å²) in [7, 11) is 0. The molecule has 0 unspecified atom stereocenters. The SMILES string of the molecule is O=C(NCCCCNCl)c1ccc(NC(=O)C2CCCCC2)cc1. The van der Waals surface area contributed by atoms with Gasteiger partial charge in [-0.3, -0.25) is 9.59 Å². The van der Waals surface area contributed by atoms with E-state index in [0.717, 1.165) is 50.8 Å². The monoisotopic (exact) mass is 351 g/mol. The molecule has 6 heteroatoms. The first-order chi connectivity index (χ1) is 11.7. The second-order valence-electron chi connectivity index (χ2n) is 6.25. The van der Waals surface area contributed by atoms with E-state index < -0.39 is 0 Å². The van der Waals surface area contributed by atoms with Crippen LogP contribution >= 0.6 is 11.8 Å². The molecule has 1 aliphatic carbocycles. The number of hydrogen-bond donors (Lipinski definition) is 3. The van der Waals surface area contributed by atoms with E-state index in [1.54, 1.807) is 24.3 Å². The molecule has 0 aromatic heterocycles. The predicted molar refractivity (Wildman–Crippen MR) is 97.1 cm³/mol. The van der Waals surface area contributed by atoms with Gasteiger partial charge in [-0.2, -0.15) is 0 Å². The lowest BCUT2D eigenvalue weighted by Crippen LogP contribution is -2.25. The molecule has 3 N–H and O–H groups in total. The molecule has 24 heavy (non-hydrogen) atoms. The zero-order valence-corrected chi connectivity index (χ0v) is 14.7. The molecule has 132 valence electrons. The number of carbonyl (C=O) groups is 2. The molecule has 2 amide bonds. The summed E-state index contributed by atoms with van der Waals surface area (Å²) in [6.45, 7) is 1.35. The molecule has 0 spiro atoms. The highest BCUT2D eigenvalue weighted by atomic mass is 35.5. The smallest absolute Gasteiger partial charge is 0.251 e. The van der Waals surface area contributed by atoms with Crippen LogP contribution in [-0.4, -0.2) is 24.9 Å². The van der Waals surface area contributed by atoms with E-state index in [-0.39, 0.29) is 17.7 Å². The molecule has 1 fully saturated rings. The number of halogens is 1. The van der Waals surface area contributed by atoms with Crippen molar-refractivity contribution in [2.24, 2.45) is 5.92 Å². The largest absolute Gasteiger partial charge is 0.352 e. The molecule has 1 saturated carbocycles. The first-order valence-electron chi connectivity index (χ1n) is 8.73. The standard InChI is InChI=1S/C18H26ClN3O2/c19-21-13-5-4-12-20-17(23)15-8-10-16(11-9-15)22-18(24)14-6-2-1-3-7-14/h8-11,14,21H,1-7,12-13H2,(H,20,23)(H,22,24). The summed E-state index contributed by atoms with van der Waals surface area (Å²) < 4.78 is 0. The zero-order chi connectivity index (χ0) is 17.2. The average Bonchev–Trinajstić information content (AvgIpc) is 2.62. The second kappa shape index (κ2) is 10.3. The van der Waals surface area contributed by atoms with E-state index in [9.17, 15) is 9.59 Å². The summed E-state index contributed by atoms with van der Waals surface area (Å²) in [6.07, 6.45) is 7.25. The molecule has 0 radical (unpaired) electrons. The normalized spacial score (nSPS) is 15.0. The fourth-order valence-electron chi connectivity index (χ4n) is 2.93. The quantitative estimate of drug-likeness (QED) is 0.496. The van der Waals surface area contributed by atoms with E-state index in [1.165, 1.54) is 6.42 Å². The van der Waals surface area contributed by atoms with Crippen LogP contribution in [0.25, 0.3) is 0 Å². The molecular formula is C18H26ClN3O2. The van der Waals surface area contributed by atoms with Crippen molar-refractivity contribution in [1.29, 1.82) is 0 Å². The summed E-state index contributed by atoms with van der Waals surface area (Å²) in [5.41, 5.74) is 1.34. The Morgan fingerprint density at radius 1 is 1.00 bits per heavy atom. The van der Waals surface area contributed by atoms with E-state index in [0.29, 0.717) is 12.1 Å². The van der Waals surface area contributed by atoms with Gasteiger partial charge in [-0.05, 0) is 61.7 Å². The van der Waals surface area contributed by atoms with E-state index >= 15 is 0 Å². The van der Waals surface area contributed by atoms with Gasteiger partial charge in [0.2, 0.25) is 5.91 Å². The Morgan fingerprint density at radius 3 is 2.33 bits per heavy atom. The van der Waals surface area contributed by atoms with Crippen LogP contribution in [0.3, 0.4) is 0 Å². The maximum atomic E-state index is 12.2. The summed E-state index contributed by atoms with van der Waals surface area (Å²) >= 11 is 5.37. The van der Waals surface area contributed by atoms with Crippen molar-refractivity contribution in [3.8, 4) is 0 Å². The Kier molecular flexibility index (Phi) is 8.05. The van der Waals surface area contributed by atoms with E-state index in [2.05, 4.69) is 15.5 Å². The highest BCUT2D eigenvalue weighted by Crippen LogP contribution is 2.25.